The average Bonchev–Trinajstić information content (AvgIpc) is 2.35. The van der Waals surface area contributed by atoms with Gasteiger partial charge in [-0.3, -0.25) is 4.79 Å². The Bertz CT molecular complexity index is 531. The maximum Gasteiger partial charge on any atom is 0.320 e. The summed E-state index contributed by atoms with van der Waals surface area (Å²) in [7, 11) is 0. The SMILES string of the molecule is CC(NCc1cccc2ccccc12)C(=O)O. The summed E-state index contributed by atoms with van der Waals surface area (Å²) in [5, 5.41) is 14.1. The average molecular weight is 229 g/mol. The molecular formula is C14H15NO2. The van der Waals surface area contributed by atoms with E-state index in [4.69, 9.17) is 5.11 Å². The number of carbonyl (C=O) groups is 1. The van der Waals surface area contributed by atoms with Crippen molar-refractivity contribution in [1.82, 2.24) is 5.32 Å². The highest BCUT2D eigenvalue weighted by Crippen LogP contribution is 2.18. The summed E-state index contributed by atoms with van der Waals surface area (Å²) in [6.45, 7) is 2.21. The van der Waals surface area contributed by atoms with Crippen LogP contribution in [0.2, 0.25) is 0 Å². The molecule has 1 atom stereocenters. The Balaban J connectivity index is 2.21. The third-order valence-electron chi connectivity index (χ3n) is 2.85. The number of hydrogen-bond acceptors (Lipinski definition) is 2. The molecule has 3 nitrogen and oxygen atoms in total. The number of rotatable bonds is 4. The molecule has 0 aliphatic carbocycles. The molecule has 2 aromatic rings. The van der Waals surface area contributed by atoms with Gasteiger partial charge >= 0.3 is 5.97 Å². The fourth-order valence-electron chi connectivity index (χ4n) is 1.80. The van der Waals surface area contributed by atoms with E-state index in [0.29, 0.717) is 6.54 Å². The Hall–Kier alpha value is -1.87. The van der Waals surface area contributed by atoms with E-state index in [2.05, 4.69) is 23.5 Å². The third kappa shape index (κ3) is 2.63. The van der Waals surface area contributed by atoms with Crippen LogP contribution in [0.3, 0.4) is 0 Å². The lowest BCUT2D eigenvalue weighted by Crippen LogP contribution is -2.33. The standard InChI is InChI=1S/C14H15NO2/c1-10(14(16)17)15-9-12-7-4-6-11-5-2-3-8-13(11)12/h2-8,10,15H,9H2,1H3,(H,16,17). The summed E-state index contributed by atoms with van der Waals surface area (Å²) >= 11 is 0. The minimum absolute atomic E-state index is 0.533. The molecule has 0 aromatic heterocycles. The molecule has 0 aliphatic heterocycles. The Labute approximate surface area is 100 Å². The van der Waals surface area contributed by atoms with Gasteiger partial charge in [0.15, 0.2) is 0 Å². The van der Waals surface area contributed by atoms with Gasteiger partial charge in [0.05, 0.1) is 0 Å². The van der Waals surface area contributed by atoms with Crippen LogP contribution in [0.5, 0.6) is 0 Å². The van der Waals surface area contributed by atoms with Crippen LogP contribution < -0.4 is 5.32 Å². The van der Waals surface area contributed by atoms with E-state index >= 15 is 0 Å². The molecule has 0 fully saturated rings. The van der Waals surface area contributed by atoms with Crippen LogP contribution in [-0.4, -0.2) is 17.1 Å². The maximum atomic E-state index is 10.7. The number of fused-ring (bicyclic) bond motifs is 1. The van der Waals surface area contributed by atoms with Crippen molar-refractivity contribution in [1.29, 1.82) is 0 Å². The molecule has 2 rings (SSSR count). The van der Waals surface area contributed by atoms with E-state index in [-0.39, 0.29) is 0 Å². The topological polar surface area (TPSA) is 49.3 Å². The molecule has 2 aromatic carbocycles. The quantitative estimate of drug-likeness (QED) is 0.846. The molecule has 0 radical (unpaired) electrons. The van der Waals surface area contributed by atoms with Crippen LogP contribution in [0.1, 0.15) is 12.5 Å². The number of carboxylic acid groups (broad SMARTS) is 1. The van der Waals surface area contributed by atoms with Gasteiger partial charge in [0.1, 0.15) is 6.04 Å². The lowest BCUT2D eigenvalue weighted by molar-refractivity contribution is -0.139. The predicted molar refractivity (Wildman–Crippen MR) is 67.9 cm³/mol. The van der Waals surface area contributed by atoms with Crippen molar-refractivity contribution >= 4 is 16.7 Å². The van der Waals surface area contributed by atoms with Crippen LogP contribution in [0.4, 0.5) is 0 Å². The van der Waals surface area contributed by atoms with E-state index in [1.165, 1.54) is 10.8 Å². The maximum absolute atomic E-state index is 10.7. The molecule has 0 aliphatic rings. The third-order valence-corrected chi connectivity index (χ3v) is 2.85. The predicted octanol–water partition coefficient (Wildman–Crippen LogP) is 2.40. The Morgan fingerprint density at radius 1 is 1.24 bits per heavy atom. The Morgan fingerprint density at radius 2 is 1.94 bits per heavy atom. The van der Waals surface area contributed by atoms with E-state index < -0.39 is 12.0 Å². The van der Waals surface area contributed by atoms with Gasteiger partial charge < -0.3 is 10.4 Å². The van der Waals surface area contributed by atoms with Gasteiger partial charge in [-0.25, -0.2) is 0 Å². The molecule has 17 heavy (non-hydrogen) atoms. The number of aliphatic carboxylic acids is 1. The number of carboxylic acids is 1. The summed E-state index contributed by atoms with van der Waals surface area (Å²) in [4.78, 5) is 10.7. The van der Waals surface area contributed by atoms with Gasteiger partial charge in [0.25, 0.3) is 0 Å². The second kappa shape index (κ2) is 4.97. The molecule has 0 amide bonds. The van der Waals surface area contributed by atoms with E-state index in [9.17, 15) is 4.79 Å². The molecule has 3 heteroatoms. The van der Waals surface area contributed by atoms with E-state index in [0.717, 1.165) is 5.56 Å². The second-order valence-corrected chi connectivity index (χ2v) is 4.08. The summed E-state index contributed by atoms with van der Waals surface area (Å²) < 4.78 is 0. The highest BCUT2D eigenvalue weighted by atomic mass is 16.4. The molecule has 0 spiro atoms. The highest BCUT2D eigenvalue weighted by molar-refractivity contribution is 5.85. The van der Waals surface area contributed by atoms with Crippen molar-refractivity contribution in [3.05, 3.63) is 48.0 Å². The lowest BCUT2D eigenvalue weighted by Gasteiger charge is -2.11. The van der Waals surface area contributed by atoms with Gasteiger partial charge in [-0.15, -0.1) is 0 Å². The first-order valence-electron chi connectivity index (χ1n) is 5.61. The smallest absolute Gasteiger partial charge is 0.320 e. The van der Waals surface area contributed by atoms with Gasteiger partial charge in [-0.1, -0.05) is 42.5 Å². The molecule has 88 valence electrons. The summed E-state index contributed by atoms with van der Waals surface area (Å²) in [5.41, 5.74) is 1.12. The first-order chi connectivity index (χ1) is 8.18. The monoisotopic (exact) mass is 229 g/mol. The van der Waals surface area contributed by atoms with Gasteiger partial charge in [-0.05, 0) is 23.3 Å². The molecule has 1 unspecified atom stereocenters. The lowest BCUT2D eigenvalue weighted by atomic mass is 10.0. The summed E-state index contributed by atoms with van der Waals surface area (Å²) in [5.74, 6) is -0.828. The molecule has 2 N–H and O–H groups in total. The number of nitrogens with one attached hydrogen (secondary N) is 1. The first-order valence-corrected chi connectivity index (χ1v) is 5.61. The molecule has 0 bridgehead atoms. The Morgan fingerprint density at radius 3 is 2.71 bits per heavy atom. The van der Waals surface area contributed by atoms with Crippen molar-refractivity contribution in [2.45, 2.75) is 19.5 Å². The molecular weight excluding hydrogens is 214 g/mol. The zero-order valence-corrected chi connectivity index (χ0v) is 9.68. The minimum Gasteiger partial charge on any atom is -0.480 e. The number of hydrogen-bond donors (Lipinski definition) is 2. The van der Waals surface area contributed by atoms with Crippen LogP contribution >= 0.6 is 0 Å². The first kappa shape index (κ1) is 11.6. The second-order valence-electron chi connectivity index (χ2n) is 4.08. The molecule has 0 saturated heterocycles. The zero-order chi connectivity index (χ0) is 12.3. The summed E-state index contributed by atoms with van der Waals surface area (Å²) in [6, 6.07) is 13.6. The van der Waals surface area contributed by atoms with Gasteiger partial charge in [0, 0.05) is 6.54 Å². The van der Waals surface area contributed by atoms with Crippen molar-refractivity contribution in [2.75, 3.05) is 0 Å². The Kier molecular flexibility index (Phi) is 3.40. The van der Waals surface area contributed by atoms with Crippen molar-refractivity contribution in [3.8, 4) is 0 Å². The van der Waals surface area contributed by atoms with Crippen molar-refractivity contribution in [2.24, 2.45) is 0 Å². The van der Waals surface area contributed by atoms with Gasteiger partial charge in [-0.2, -0.15) is 0 Å². The fourth-order valence-corrected chi connectivity index (χ4v) is 1.80. The number of benzene rings is 2. The van der Waals surface area contributed by atoms with Crippen molar-refractivity contribution in [3.63, 3.8) is 0 Å². The van der Waals surface area contributed by atoms with Crippen LogP contribution in [0, 0.1) is 0 Å². The molecule has 0 heterocycles. The van der Waals surface area contributed by atoms with Crippen molar-refractivity contribution < 1.29 is 9.90 Å². The van der Waals surface area contributed by atoms with Crippen LogP contribution in [-0.2, 0) is 11.3 Å². The minimum atomic E-state index is -0.828. The van der Waals surface area contributed by atoms with E-state index in [1.807, 2.05) is 24.3 Å². The highest BCUT2D eigenvalue weighted by Gasteiger charge is 2.09. The zero-order valence-electron chi connectivity index (χ0n) is 9.68. The van der Waals surface area contributed by atoms with Gasteiger partial charge in [0.2, 0.25) is 0 Å². The van der Waals surface area contributed by atoms with Crippen LogP contribution in [0.25, 0.3) is 10.8 Å². The van der Waals surface area contributed by atoms with E-state index in [1.54, 1.807) is 6.92 Å². The summed E-state index contributed by atoms with van der Waals surface area (Å²) in [6.07, 6.45) is 0. The fraction of sp³-hybridized carbons (Fsp3) is 0.214. The molecule has 0 saturated carbocycles. The largest absolute Gasteiger partial charge is 0.480 e. The van der Waals surface area contributed by atoms with Crippen LogP contribution in [0.15, 0.2) is 42.5 Å². The normalized spacial score (nSPS) is 12.5.